The number of alkyl carbamates (subject to hydrolysis) is 1. The minimum Gasteiger partial charge on any atom is -0.477 e. The molecule has 1 aliphatic carbocycles. The van der Waals surface area contributed by atoms with E-state index in [1.165, 1.54) is 0 Å². The van der Waals surface area contributed by atoms with Crippen LogP contribution in [0.4, 0.5) is 10.5 Å². The van der Waals surface area contributed by atoms with E-state index in [0.717, 1.165) is 43.4 Å². The predicted octanol–water partition coefficient (Wildman–Crippen LogP) is 5.27. The molecule has 4 rings (SSSR count). The molecule has 2 aliphatic heterocycles. The number of aromatic carboxylic acids is 1. The number of rotatable bonds is 8. The van der Waals surface area contributed by atoms with Crippen LogP contribution >= 0.6 is 11.3 Å². The average molecular weight is 575 g/mol. The summed E-state index contributed by atoms with van der Waals surface area (Å²) in [6.45, 7) is 11.2. The Labute approximate surface area is 240 Å². The van der Waals surface area contributed by atoms with Gasteiger partial charge in [0.05, 0.1) is 29.7 Å². The van der Waals surface area contributed by atoms with Crippen molar-refractivity contribution in [3.63, 3.8) is 0 Å². The minimum absolute atomic E-state index is 0.0518. The van der Waals surface area contributed by atoms with Crippen molar-refractivity contribution in [2.75, 3.05) is 24.7 Å². The van der Waals surface area contributed by atoms with Crippen LogP contribution in [0.15, 0.2) is 6.07 Å². The molecular formula is C30H42N2O7S. The third kappa shape index (κ3) is 7.77. The normalized spacial score (nSPS) is 26.8. The number of nitrogens with one attached hydrogen (secondary N) is 1. The molecule has 4 unspecified atom stereocenters. The van der Waals surface area contributed by atoms with E-state index in [-0.39, 0.29) is 53.0 Å². The molecule has 1 aromatic heterocycles. The maximum atomic E-state index is 13.8. The highest BCUT2D eigenvalue weighted by Crippen LogP contribution is 2.36. The number of fused-ring (bicyclic) bond motifs is 1. The smallest absolute Gasteiger partial charge is 0.407 e. The van der Waals surface area contributed by atoms with E-state index in [2.05, 4.69) is 24.1 Å². The lowest BCUT2D eigenvalue weighted by molar-refractivity contribution is -0.123. The number of thiophene rings is 1. The fourth-order valence-corrected chi connectivity index (χ4v) is 6.29. The van der Waals surface area contributed by atoms with Gasteiger partial charge in [0.1, 0.15) is 11.0 Å². The Morgan fingerprint density at radius 3 is 2.60 bits per heavy atom. The predicted molar refractivity (Wildman–Crippen MR) is 152 cm³/mol. The zero-order chi connectivity index (χ0) is 29.0. The highest BCUT2D eigenvalue weighted by molar-refractivity contribution is 7.15. The second-order valence-corrected chi connectivity index (χ2v) is 13.4. The fourth-order valence-electron chi connectivity index (χ4n) is 5.44. The summed E-state index contributed by atoms with van der Waals surface area (Å²) in [5.41, 5.74) is 0.137. The zero-order valence-corrected chi connectivity index (χ0v) is 25.0. The van der Waals surface area contributed by atoms with Crippen LogP contribution in [0.3, 0.4) is 0 Å². The molecule has 0 spiro atoms. The molecular weight excluding hydrogens is 532 g/mol. The van der Waals surface area contributed by atoms with Gasteiger partial charge >= 0.3 is 12.1 Å². The van der Waals surface area contributed by atoms with Gasteiger partial charge in [0, 0.05) is 23.9 Å². The summed E-state index contributed by atoms with van der Waals surface area (Å²) in [6.07, 6.45) is 3.57. The van der Waals surface area contributed by atoms with Crippen molar-refractivity contribution in [1.29, 1.82) is 0 Å². The molecule has 9 nitrogen and oxygen atoms in total. The standard InChI is InChI=1S/C30H42N2O7S/c1-18-6-8-20(9-7-18)26(33)32(23-16-21(10-13-30(3,4)5)40-25(23)27(34)35)14-11-19(2)31-29(36)39-24-17-38-28-22(24)12-15-37-28/h16,18-20,22,24,28H,6-9,11-12,14-15,17H2,1-5H3,(H,31,36)(H,34,35). The van der Waals surface area contributed by atoms with Gasteiger partial charge in [-0.05, 0) is 78.2 Å². The molecule has 40 heavy (non-hydrogen) atoms. The van der Waals surface area contributed by atoms with Crippen molar-refractivity contribution in [3.8, 4) is 11.8 Å². The molecule has 2 N–H and O–H groups in total. The van der Waals surface area contributed by atoms with Gasteiger partial charge in [-0.3, -0.25) is 4.79 Å². The number of carboxylic acid groups (broad SMARTS) is 1. The number of amides is 2. The summed E-state index contributed by atoms with van der Waals surface area (Å²) < 4.78 is 16.7. The Hall–Kier alpha value is -2.61. The quantitative estimate of drug-likeness (QED) is 0.407. The summed E-state index contributed by atoms with van der Waals surface area (Å²) in [5, 5.41) is 12.9. The summed E-state index contributed by atoms with van der Waals surface area (Å²) in [6, 6.07) is 1.42. The van der Waals surface area contributed by atoms with E-state index in [4.69, 9.17) is 14.2 Å². The second-order valence-electron chi connectivity index (χ2n) is 12.4. The lowest BCUT2D eigenvalue weighted by atomic mass is 9.82. The lowest BCUT2D eigenvalue weighted by Crippen LogP contribution is -2.42. The topological polar surface area (TPSA) is 114 Å². The number of carboxylic acids is 1. The van der Waals surface area contributed by atoms with Gasteiger partial charge in [0.25, 0.3) is 0 Å². The van der Waals surface area contributed by atoms with Crippen LogP contribution in [0.25, 0.3) is 0 Å². The number of ether oxygens (including phenoxy) is 3. The van der Waals surface area contributed by atoms with Gasteiger partial charge in [-0.25, -0.2) is 9.59 Å². The number of carbonyl (C=O) groups is 3. The second kappa shape index (κ2) is 12.9. The van der Waals surface area contributed by atoms with Crippen LogP contribution in [0.1, 0.15) is 87.7 Å². The molecule has 2 saturated heterocycles. The first-order chi connectivity index (χ1) is 18.9. The number of anilines is 1. The van der Waals surface area contributed by atoms with Crippen LogP contribution in [0.2, 0.25) is 0 Å². The van der Waals surface area contributed by atoms with Gasteiger partial charge in [0.15, 0.2) is 6.29 Å². The molecule has 0 radical (unpaired) electrons. The number of hydrogen-bond donors (Lipinski definition) is 2. The molecule has 2 amide bonds. The summed E-state index contributed by atoms with van der Waals surface area (Å²) in [5.74, 6) is 5.59. The van der Waals surface area contributed by atoms with Gasteiger partial charge in [-0.15, -0.1) is 11.3 Å². The molecule has 4 atom stereocenters. The van der Waals surface area contributed by atoms with Crippen LogP contribution in [-0.2, 0) is 19.0 Å². The third-order valence-corrected chi connectivity index (χ3v) is 8.81. The number of hydrogen-bond acceptors (Lipinski definition) is 7. The van der Waals surface area contributed by atoms with Crippen LogP contribution in [0.5, 0.6) is 0 Å². The molecule has 1 aromatic rings. The Bertz CT molecular complexity index is 1140. The molecule has 0 bridgehead atoms. The van der Waals surface area contributed by atoms with Gasteiger partial charge in [-0.2, -0.15) is 0 Å². The largest absolute Gasteiger partial charge is 0.477 e. The van der Waals surface area contributed by atoms with Crippen molar-refractivity contribution in [2.45, 2.75) is 91.6 Å². The maximum absolute atomic E-state index is 13.8. The SMILES string of the molecule is CC1CCC(C(=O)N(CCC(C)NC(=O)OC2COC3OCCC23)c2cc(C#CC(C)(C)C)sc2C(=O)O)CC1. The van der Waals surface area contributed by atoms with E-state index >= 15 is 0 Å². The summed E-state index contributed by atoms with van der Waals surface area (Å²) in [4.78, 5) is 41.0. The monoisotopic (exact) mass is 574 g/mol. The highest BCUT2D eigenvalue weighted by Gasteiger charge is 2.44. The Balaban J connectivity index is 1.47. The maximum Gasteiger partial charge on any atom is 0.407 e. The fraction of sp³-hybridized carbons (Fsp3) is 0.700. The van der Waals surface area contributed by atoms with Crippen LogP contribution in [-0.4, -0.2) is 61.3 Å². The molecule has 3 fully saturated rings. The summed E-state index contributed by atoms with van der Waals surface area (Å²) in [7, 11) is 0. The first kappa shape index (κ1) is 30.4. The number of carbonyl (C=O) groups excluding carboxylic acids is 2. The summed E-state index contributed by atoms with van der Waals surface area (Å²) >= 11 is 1.09. The molecule has 1 saturated carbocycles. The Kier molecular flexibility index (Phi) is 9.80. The van der Waals surface area contributed by atoms with Gasteiger partial charge in [-0.1, -0.05) is 18.8 Å². The minimum atomic E-state index is -1.08. The Morgan fingerprint density at radius 1 is 1.20 bits per heavy atom. The molecule has 0 aromatic carbocycles. The molecule has 3 aliphatic rings. The molecule has 220 valence electrons. The lowest BCUT2D eigenvalue weighted by Gasteiger charge is -2.31. The van der Waals surface area contributed by atoms with Crippen molar-refractivity contribution in [2.24, 2.45) is 23.2 Å². The third-order valence-electron chi connectivity index (χ3n) is 7.78. The van der Waals surface area contributed by atoms with E-state index in [1.807, 2.05) is 27.7 Å². The average Bonchev–Trinajstić information content (AvgIpc) is 3.60. The molecule has 10 heteroatoms. The Morgan fingerprint density at radius 2 is 1.93 bits per heavy atom. The van der Waals surface area contributed by atoms with Gasteiger partial charge in [0.2, 0.25) is 5.91 Å². The zero-order valence-electron chi connectivity index (χ0n) is 24.2. The van der Waals surface area contributed by atoms with E-state index < -0.39 is 12.1 Å². The van der Waals surface area contributed by atoms with Crippen LogP contribution in [0, 0.1) is 35.0 Å². The van der Waals surface area contributed by atoms with Crippen molar-refractivity contribution >= 4 is 35.0 Å². The molecule has 3 heterocycles. The highest BCUT2D eigenvalue weighted by atomic mass is 32.1. The first-order valence-corrected chi connectivity index (χ1v) is 15.1. The first-order valence-electron chi connectivity index (χ1n) is 14.3. The van der Waals surface area contributed by atoms with E-state index in [9.17, 15) is 19.5 Å². The van der Waals surface area contributed by atoms with Crippen molar-refractivity contribution < 1.29 is 33.7 Å². The van der Waals surface area contributed by atoms with Gasteiger partial charge < -0.3 is 29.5 Å². The van der Waals surface area contributed by atoms with Crippen molar-refractivity contribution in [3.05, 3.63) is 15.8 Å². The van der Waals surface area contributed by atoms with E-state index in [1.54, 1.807) is 11.0 Å². The van der Waals surface area contributed by atoms with Crippen molar-refractivity contribution in [1.82, 2.24) is 5.32 Å². The van der Waals surface area contributed by atoms with Crippen LogP contribution < -0.4 is 10.2 Å². The van der Waals surface area contributed by atoms with E-state index in [0.29, 0.717) is 36.1 Å². The number of nitrogens with zero attached hydrogens (tertiary/aromatic N) is 1.